The molecular formula is C21H23NO4. The van der Waals surface area contributed by atoms with Gasteiger partial charge in [-0.2, -0.15) is 0 Å². The number of amides is 1. The summed E-state index contributed by atoms with van der Waals surface area (Å²) in [7, 11) is 1.30. The maximum atomic E-state index is 12.2. The van der Waals surface area contributed by atoms with Gasteiger partial charge in [0.05, 0.1) is 25.0 Å². The highest BCUT2D eigenvalue weighted by Crippen LogP contribution is 2.20. The monoisotopic (exact) mass is 353 g/mol. The van der Waals surface area contributed by atoms with Crippen molar-refractivity contribution in [2.45, 2.75) is 19.8 Å². The molecule has 2 rings (SSSR count). The van der Waals surface area contributed by atoms with E-state index < -0.39 is 5.97 Å². The van der Waals surface area contributed by atoms with Crippen LogP contribution in [0.25, 0.3) is 6.08 Å². The second-order valence-electron chi connectivity index (χ2n) is 5.60. The number of para-hydroxylation sites is 2. The maximum absolute atomic E-state index is 12.2. The van der Waals surface area contributed by atoms with Crippen molar-refractivity contribution < 1.29 is 19.1 Å². The zero-order valence-corrected chi connectivity index (χ0v) is 15.0. The van der Waals surface area contributed by atoms with Crippen LogP contribution in [0.5, 0.6) is 5.75 Å². The molecule has 0 atom stereocenters. The third-order valence-corrected chi connectivity index (χ3v) is 3.68. The van der Waals surface area contributed by atoms with E-state index in [0.717, 1.165) is 24.2 Å². The number of methoxy groups -OCH3 is 1. The Hall–Kier alpha value is -3.08. The fourth-order valence-electron chi connectivity index (χ4n) is 2.30. The van der Waals surface area contributed by atoms with Gasteiger partial charge in [-0.1, -0.05) is 43.7 Å². The number of esters is 1. The normalized spacial score (nSPS) is 10.5. The van der Waals surface area contributed by atoms with Crippen molar-refractivity contribution in [2.75, 3.05) is 19.0 Å². The smallest absolute Gasteiger partial charge is 0.339 e. The Morgan fingerprint density at radius 1 is 1.08 bits per heavy atom. The molecule has 0 saturated carbocycles. The average molecular weight is 353 g/mol. The van der Waals surface area contributed by atoms with Crippen molar-refractivity contribution in [3.63, 3.8) is 0 Å². The summed E-state index contributed by atoms with van der Waals surface area (Å²) in [6.07, 6.45) is 5.14. The van der Waals surface area contributed by atoms with E-state index in [9.17, 15) is 9.59 Å². The van der Waals surface area contributed by atoms with E-state index in [-0.39, 0.29) is 5.91 Å². The summed E-state index contributed by atoms with van der Waals surface area (Å²) < 4.78 is 10.5. The number of carbonyl (C=O) groups is 2. The number of benzene rings is 2. The molecule has 0 saturated heterocycles. The van der Waals surface area contributed by atoms with Gasteiger partial charge in [0.2, 0.25) is 5.91 Å². The van der Waals surface area contributed by atoms with Gasteiger partial charge in [-0.25, -0.2) is 4.79 Å². The van der Waals surface area contributed by atoms with Crippen molar-refractivity contribution in [3.05, 3.63) is 65.7 Å². The third kappa shape index (κ3) is 5.48. The molecule has 0 radical (unpaired) electrons. The quantitative estimate of drug-likeness (QED) is 0.436. The molecule has 2 aromatic rings. The fraction of sp³-hybridized carbons (Fsp3) is 0.238. The lowest BCUT2D eigenvalue weighted by Gasteiger charge is -2.09. The van der Waals surface area contributed by atoms with Gasteiger partial charge in [0, 0.05) is 11.6 Å². The first-order valence-corrected chi connectivity index (χ1v) is 8.54. The van der Waals surface area contributed by atoms with E-state index in [1.807, 2.05) is 24.3 Å². The Balaban J connectivity index is 2.08. The van der Waals surface area contributed by atoms with Gasteiger partial charge >= 0.3 is 5.97 Å². The molecule has 0 heterocycles. The number of hydrogen-bond donors (Lipinski definition) is 1. The fourth-order valence-corrected chi connectivity index (χ4v) is 2.30. The van der Waals surface area contributed by atoms with Crippen molar-refractivity contribution in [2.24, 2.45) is 0 Å². The third-order valence-electron chi connectivity index (χ3n) is 3.68. The van der Waals surface area contributed by atoms with Gasteiger partial charge in [0.25, 0.3) is 0 Å². The van der Waals surface area contributed by atoms with Crippen LogP contribution >= 0.6 is 0 Å². The minimum absolute atomic E-state index is 0.306. The van der Waals surface area contributed by atoms with Gasteiger partial charge in [-0.3, -0.25) is 4.79 Å². The van der Waals surface area contributed by atoms with Crippen LogP contribution in [0.15, 0.2) is 54.6 Å². The molecule has 136 valence electrons. The minimum atomic E-state index is -0.500. The lowest BCUT2D eigenvalue weighted by atomic mass is 10.1. The number of carbonyl (C=O) groups excluding carboxylic acids is 2. The van der Waals surface area contributed by atoms with Crippen molar-refractivity contribution >= 4 is 23.6 Å². The van der Waals surface area contributed by atoms with Gasteiger partial charge < -0.3 is 14.8 Å². The van der Waals surface area contributed by atoms with E-state index in [1.165, 1.54) is 13.2 Å². The van der Waals surface area contributed by atoms with E-state index in [2.05, 4.69) is 12.2 Å². The first kappa shape index (κ1) is 19.2. The molecular weight excluding hydrogens is 330 g/mol. The van der Waals surface area contributed by atoms with Gasteiger partial charge in [-0.15, -0.1) is 0 Å². The second-order valence-corrected chi connectivity index (χ2v) is 5.60. The maximum Gasteiger partial charge on any atom is 0.339 e. The van der Waals surface area contributed by atoms with Crippen LogP contribution in [-0.4, -0.2) is 25.6 Å². The molecule has 0 spiro atoms. The molecule has 2 aromatic carbocycles. The second kappa shape index (κ2) is 10.0. The van der Waals surface area contributed by atoms with Gasteiger partial charge in [-0.05, 0) is 30.7 Å². The van der Waals surface area contributed by atoms with E-state index >= 15 is 0 Å². The first-order chi connectivity index (χ1) is 12.7. The van der Waals surface area contributed by atoms with Crippen LogP contribution in [0.1, 0.15) is 35.7 Å². The Labute approximate surface area is 153 Å². The van der Waals surface area contributed by atoms with Crippen LogP contribution in [0, 0.1) is 0 Å². The van der Waals surface area contributed by atoms with Crippen LogP contribution < -0.4 is 10.1 Å². The Morgan fingerprint density at radius 3 is 2.58 bits per heavy atom. The minimum Gasteiger partial charge on any atom is -0.493 e. The Kier molecular flexibility index (Phi) is 7.43. The van der Waals surface area contributed by atoms with Gasteiger partial charge in [0.1, 0.15) is 5.75 Å². The molecule has 0 bridgehead atoms. The van der Waals surface area contributed by atoms with Crippen LogP contribution in [0.3, 0.4) is 0 Å². The van der Waals surface area contributed by atoms with Crippen molar-refractivity contribution in [3.8, 4) is 5.75 Å². The predicted octanol–water partition coefficient (Wildman–Crippen LogP) is 4.30. The summed E-state index contributed by atoms with van der Waals surface area (Å²) in [6, 6.07) is 14.2. The van der Waals surface area contributed by atoms with Crippen LogP contribution in [0.2, 0.25) is 0 Å². The molecule has 5 nitrogen and oxygen atoms in total. The van der Waals surface area contributed by atoms with Crippen LogP contribution in [0.4, 0.5) is 5.69 Å². The lowest BCUT2D eigenvalue weighted by molar-refractivity contribution is -0.111. The molecule has 0 unspecified atom stereocenters. The number of unbranched alkanes of at least 4 members (excludes halogenated alkanes) is 1. The molecule has 0 aliphatic carbocycles. The molecule has 0 aromatic heterocycles. The Morgan fingerprint density at radius 2 is 1.81 bits per heavy atom. The summed E-state index contributed by atoms with van der Waals surface area (Å²) in [5.74, 6) is -0.107. The highest BCUT2D eigenvalue weighted by atomic mass is 16.5. The number of anilines is 1. The zero-order valence-electron chi connectivity index (χ0n) is 15.0. The average Bonchev–Trinajstić information content (AvgIpc) is 2.67. The number of rotatable bonds is 8. The lowest BCUT2D eigenvalue weighted by Crippen LogP contribution is -2.12. The molecule has 26 heavy (non-hydrogen) atoms. The summed E-state index contributed by atoms with van der Waals surface area (Å²) in [5, 5.41) is 2.70. The number of nitrogens with one attached hydrogen (secondary N) is 1. The van der Waals surface area contributed by atoms with E-state index in [1.54, 1.807) is 30.3 Å². The summed E-state index contributed by atoms with van der Waals surface area (Å²) >= 11 is 0. The first-order valence-electron chi connectivity index (χ1n) is 8.54. The molecule has 5 heteroatoms. The van der Waals surface area contributed by atoms with E-state index in [0.29, 0.717) is 17.9 Å². The summed E-state index contributed by atoms with van der Waals surface area (Å²) in [5.41, 5.74) is 1.53. The standard InChI is InChI=1S/C21H23NO4/c1-3-4-15-26-19-12-8-5-9-16(19)13-14-20(23)22-18-11-7-6-10-17(18)21(24)25-2/h5-14H,3-4,15H2,1-2H3,(H,22,23)/b14-13+. The highest BCUT2D eigenvalue weighted by Gasteiger charge is 2.12. The molecule has 1 amide bonds. The van der Waals surface area contributed by atoms with Crippen molar-refractivity contribution in [1.29, 1.82) is 0 Å². The van der Waals surface area contributed by atoms with Crippen molar-refractivity contribution in [1.82, 2.24) is 0 Å². The van der Waals surface area contributed by atoms with E-state index in [4.69, 9.17) is 9.47 Å². The predicted molar refractivity (Wildman–Crippen MR) is 102 cm³/mol. The summed E-state index contributed by atoms with van der Waals surface area (Å²) in [6.45, 7) is 2.74. The SMILES string of the molecule is CCCCOc1ccccc1/C=C/C(=O)Nc1ccccc1C(=O)OC. The summed E-state index contributed by atoms with van der Waals surface area (Å²) in [4.78, 5) is 24.0. The molecule has 1 N–H and O–H groups in total. The largest absolute Gasteiger partial charge is 0.493 e. The zero-order chi connectivity index (χ0) is 18.8. The van der Waals surface area contributed by atoms with Gasteiger partial charge in [0.15, 0.2) is 0 Å². The topological polar surface area (TPSA) is 64.6 Å². The Bertz CT molecular complexity index is 783. The molecule has 0 aliphatic rings. The number of hydrogen-bond acceptors (Lipinski definition) is 4. The van der Waals surface area contributed by atoms with Crippen LogP contribution in [-0.2, 0) is 9.53 Å². The molecule has 0 fully saturated rings. The number of ether oxygens (including phenoxy) is 2. The molecule has 0 aliphatic heterocycles. The highest BCUT2D eigenvalue weighted by molar-refractivity contribution is 6.06.